The molecule has 106 valence electrons. The molecule has 0 aromatic carbocycles. The van der Waals surface area contributed by atoms with E-state index in [4.69, 9.17) is 14.6 Å². The minimum Gasteiger partial charge on any atom is -0.480 e. The number of amides is 2. The van der Waals surface area contributed by atoms with Crippen molar-refractivity contribution in [1.29, 1.82) is 0 Å². The van der Waals surface area contributed by atoms with E-state index in [1.807, 2.05) is 0 Å². The van der Waals surface area contributed by atoms with E-state index in [9.17, 15) is 9.59 Å². The van der Waals surface area contributed by atoms with Crippen molar-refractivity contribution >= 4 is 12.0 Å². The van der Waals surface area contributed by atoms with E-state index in [1.54, 1.807) is 0 Å². The number of urea groups is 1. The molecule has 0 aromatic heterocycles. The summed E-state index contributed by atoms with van der Waals surface area (Å²) >= 11 is 0. The maximum Gasteiger partial charge on any atom is 0.329 e. The number of aliphatic carboxylic acids is 1. The van der Waals surface area contributed by atoms with Gasteiger partial charge < -0.3 is 25.2 Å². The van der Waals surface area contributed by atoms with Crippen LogP contribution in [-0.4, -0.2) is 56.6 Å². The van der Waals surface area contributed by atoms with E-state index >= 15 is 0 Å². The van der Waals surface area contributed by atoms with Gasteiger partial charge in [0.25, 0.3) is 0 Å². The topological polar surface area (TPSA) is 96.9 Å². The highest BCUT2D eigenvalue weighted by atomic mass is 16.5. The van der Waals surface area contributed by atoms with Gasteiger partial charge in [-0.05, 0) is 5.92 Å². The molecular weight excluding hydrogens is 240 g/mol. The van der Waals surface area contributed by atoms with Gasteiger partial charge in [-0.25, -0.2) is 9.59 Å². The summed E-state index contributed by atoms with van der Waals surface area (Å²) in [6.45, 7) is 5.78. The third-order valence-corrected chi connectivity index (χ3v) is 1.74. The second kappa shape index (κ2) is 10.8. The smallest absolute Gasteiger partial charge is 0.329 e. The van der Waals surface area contributed by atoms with Gasteiger partial charge in [-0.2, -0.15) is 0 Å². The fourth-order valence-electron chi connectivity index (χ4n) is 1.01. The Balaban J connectivity index is 3.25. The number of carbonyl (C=O) groups is 2. The number of ether oxygens (including phenoxy) is 2. The quantitative estimate of drug-likeness (QED) is 0.484. The first-order valence-corrected chi connectivity index (χ1v) is 5.91. The van der Waals surface area contributed by atoms with Crippen molar-refractivity contribution in [2.75, 3.05) is 39.5 Å². The molecule has 0 aliphatic rings. The Labute approximate surface area is 107 Å². The minimum atomic E-state index is -1.03. The van der Waals surface area contributed by atoms with Crippen molar-refractivity contribution in [3.05, 3.63) is 0 Å². The lowest BCUT2D eigenvalue weighted by Crippen LogP contribution is -2.39. The number of carboxylic acid groups (broad SMARTS) is 1. The predicted molar refractivity (Wildman–Crippen MR) is 65.5 cm³/mol. The highest BCUT2D eigenvalue weighted by molar-refractivity contribution is 5.73. The van der Waals surface area contributed by atoms with Gasteiger partial charge in [-0.3, -0.25) is 0 Å². The summed E-state index contributed by atoms with van der Waals surface area (Å²) in [7, 11) is 0. The number of carboxylic acids is 1. The van der Waals surface area contributed by atoms with Crippen LogP contribution in [0, 0.1) is 5.92 Å². The van der Waals surface area contributed by atoms with Crippen LogP contribution in [0.5, 0.6) is 0 Å². The number of hydrogen-bond acceptors (Lipinski definition) is 4. The van der Waals surface area contributed by atoms with E-state index in [-0.39, 0.29) is 25.8 Å². The first-order valence-electron chi connectivity index (χ1n) is 5.91. The molecule has 0 fully saturated rings. The van der Waals surface area contributed by atoms with Crippen molar-refractivity contribution in [2.24, 2.45) is 5.92 Å². The maximum atomic E-state index is 11.2. The van der Waals surface area contributed by atoms with Gasteiger partial charge in [0.1, 0.15) is 6.61 Å². The predicted octanol–water partition coefficient (Wildman–Crippen LogP) is 0.0594. The zero-order valence-electron chi connectivity index (χ0n) is 10.9. The molecule has 2 amide bonds. The normalized spacial score (nSPS) is 10.4. The van der Waals surface area contributed by atoms with E-state index in [0.29, 0.717) is 25.7 Å². The molecule has 0 unspecified atom stereocenters. The SMILES string of the molecule is CC(C)COCCNC(=O)NCCOCC(=O)O. The average molecular weight is 262 g/mol. The van der Waals surface area contributed by atoms with Crippen molar-refractivity contribution in [1.82, 2.24) is 10.6 Å². The van der Waals surface area contributed by atoms with Gasteiger partial charge in [-0.1, -0.05) is 13.8 Å². The van der Waals surface area contributed by atoms with Crippen molar-refractivity contribution in [2.45, 2.75) is 13.8 Å². The molecule has 0 spiro atoms. The number of hydrogen-bond donors (Lipinski definition) is 3. The van der Waals surface area contributed by atoms with E-state index in [2.05, 4.69) is 24.5 Å². The molecular formula is C11H22N2O5. The lowest BCUT2D eigenvalue weighted by molar-refractivity contribution is -0.142. The van der Waals surface area contributed by atoms with Crippen LogP contribution in [0.4, 0.5) is 4.79 Å². The van der Waals surface area contributed by atoms with E-state index in [1.165, 1.54) is 0 Å². The summed E-state index contributed by atoms with van der Waals surface area (Å²) in [6.07, 6.45) is 0. The molecule has 0 bridgehead atoms. The van der Waals surface area contributed by atoms with Crippen LogP contribution in [0.3, 0.4) is 0 Å². The van der Waals surface area contributed by atoms with Crippen LogP contribution in [0.2, 0.25) is 0 Å². The van der Waals surface area contributed by atoms with Crippen molar-refractivity contribution in [3.8, 4) is 0 Å². The molecule has 0 heterocycles. The van der Waals surface area contributed by atoms with Crippen LogP contribution in [0.15, 0.2) is 0 Å². The molecule has 0 radical (unpaired) electrons. The zero-order chi connectivity index (χ0) is 13.8. The molecule has 0 atom stereocenters. The fourth-order valence-corrected chi connectivity index (χ4v) is 1.01. The molecule has 0 saturated carbocycles. The van der Waals surface area contributed by atoms with Crippen LogP contribution >= 0.6 is 0 Å². The molecule has 7 nitrogen and oxygen atoms in total. The first-order chi connectivity index (χ1) is 8.52. The standard InChI is InChI=1S/C11H22N2O5/c1-9(2)7-17-5-3-12-11(16)13-4-6-18-8-10(14)15/h9H,3-8H2,1-2H3,(H,14,15)(H2,12,13,16). The lowest BCUT2D eigenvalue weighted by Gasteiger charge is -2.09. The molecule has 0 rings (SSSR count). The van der Waals surface area contributed by atoms with Crippen LogP contribution in [-0.2, 0) is 14.3 Å². The summed E-state index contributed by atoms with van der Waals surface area (Å²) in [5.41, 5.74) is 0. The average Bonchev–Trinajstić information content (AvgIpc) is 2.27. The van der Waals surface area contributed by atoms with Gasteiger partial charge in [0.05, 0.1) is 13.2 Å². The first kappa shape index (κ1) is 16.7. The van der Waals surface area contributed by atoms with Gasteiger partial charge in [0.2, 0.25) is 0 Å². The highest BCUT2D eigenvalue weighted by Gasteiger charge is 2.00. The summed E-state index contributed by atoms with van der Waals surface area (Å²) in [5, 5.41) is 13.4. The number of nitrogens with one attached hydrogen (secondary N) is 2. The van der Waals surface area contributed by atoms with Crippen LogP contribution in [0.25, 0.3) is 0 Å². The van der Waals surface area contributed by atoms with E-state index < -0.39 is 5.97 Å². The Morgan fingerprint density at radius 3 is 2.17 bits per heavy atom. The number of carbonyl (C=O) groups excluding carboxylic acids is 1. The Morgan fingerprint density at radius 1 is 1.11 bits per heavy atom. The number of rotatable bonds is 10. The Kier molecular flexibility index (Phi) is 9.99. The van der Waals surface area contributed by atoms with Crippen molar-refractivity contribution < 1.29 is 24.2 Å². The summed E-state index contributed by atoms with van der Waals surface area (Å²) in [5.74, 6) is -0.549. The van der Waals surface area contributed by atoms with Gasteiger partial charge in [0.15, 0.2) is 0 Å². The Bertz CT molecular complexity index is 246. The van der Waals surface area contributed by atoms with Gasteiger partial charge in [-0.15, -0.1) is 0 Å². The van der Waals surface area contributed by atoms with Crippen LogP contribution < -0.4 is 10.6 Å². The second-order valence-corrected chi connectivity index (χ2v) is 4.10. The molecule has 18 heavy (non-hydrogen) atoms. The minimum absolute atomic E-state index is 0.170. The fraction of sp³-hybridized carbons (Fsp3) is 0.818. The summed E-state index contributed by atoms with van der Waals surface area (Å²) < 4.78 is 10.0. The molecule has 0 aromatic rings. The monoisotopic (exact) mass is 262 g/mol. The summed E-state index contributed by atoms with van der Waals surface area (Å²) in [4.78, 5) is 21.3. The maximum absolute atomic E-state index is 11.2. The lowest BCUT2D eigenvalue weighted by atomic mass is 10.2. The highest BCUT2D eigenvalue weighted by Crippen LogP contribution is 1.90. The molecule has 0 aliphatic carbocycles. The van der Waals surface area contributed by atoms with Crippen molar-refractivity contribution in [3.63, 3.8) is 0 Å². The third kappa shape index (κ3) is 12.7. The van der Waals surface area contributed by atoms with E-state index in [0.717, 1.165) is 0 Å². The molecule has 3 N–H and O–H groups in total. The third-order valence-electron chi connectivity index (χ3n) is 1.74. The van der Waals surface area contributed by atoms with Gasteiger partial charge >= 0.3 is 12.0 Å². The molecule has 7 heteroatoms. The zero-order valence-corrected chi connectivity index (χ0v) is 10.9. The largest absolute Gasteiger partial charge is 0.480 e. The Morgan fingerprint density at radius 2 is 1.67 bits per heavy atom. The molecule has 0 aliphatic heterocycles. The van der Waals surface area contributed by atoms with Crippen LogP contribution in [0.1, 0.15) is 13.8 Å². The molecule has 0 saturated heterocycles. The summed E-state index contributed by atoms with van der Waals surface area (Å²) in [6, 6.07) is -0.318. The Hall–Kier alpha value is -1.34. The second-order valence-electron chi connectivity index (χ2n) is 4.10. The van der Waals surface area contributed by atoms with Gasteiger partial charge in [0, 0.05) is 19.7 Å².